The number of hydrogen-bond donors (Lipinski definition) is 3. The average molecular weight is 368 g/mol. The van der Waals surface area contributed by atoms with E-state index in [0.29, 0.717) is 15.7 Å². The number of thiocarbonyl (C=S) groups is 1. The van der Waals surface area contributed by atoms with Crippen LogP contribution in [0.25, 0.3) is 0 Å². The molecule has 0 aliphatic carbocycles. The van der Waals surface area contributed by atoms with Crippen molar-refractivity contribution in [2.75, 3.05) is 5.32 Å². The van der Waals surface area contributed by atoms with Crippen molar-refractivity contribution >= 4 is 52.4 Å². The summed E-state index contributed by atoms with van der Waals surface area (Å²) in [5, 5.41) is 17.7. The second-order valence-electron chi connectivity index (χ2n) is 5.03. The van der Waals surface area contributed by atoms with Crippen molar-refractivity contribution in [3.05, 3.63) is 57.1 Å². The van der Waals surface area contributed by atoms with Crippen molar-refractivity contribution in [3.63, 3.8) is 0 Å². The van der Waals surface area contributed by atoms with E-state index in [-0.39, 0.29) is 10.8 Å². The summed E-state index contributed by atoms with van der Waals surface area (Å²) in [6, 6.07) is 9.04. The first-order chi connectivity index (χ1) is 10.8. The molecule has 0 bridgehead atoms. The van der Waals surface area contributed by atoms with Gasteiger partial charge in [-0.25, -0.2) is 0 Å². The Hall–Kier alpha value is -1.82. The molecule has 3 N–H and O–H groups in total. The summed E-state index contributed by atoms with van der Waals surface area (Å²) in [6.45, 7) is 4.02. The molecule has 0 unspecified atom stereocenters. The molecule has 0 fully saturated rings. The van der Waals surface area contributed by atoms with Crippen LogP contribution >= 0.6 is 35.4 Å². The molecule has 0 saturated carbocycles. The van der Waals surface area contributed by atoms with Crippen LogP contribution in [0, 0.1) is 13.8 Å². The number of aromatic hydroxyl groups is 1. The van der Waals surface area contributed by atoms with E-state index in [2.05, 4.69) is 21.9 Å². The van der Waals surface area contributed by atoms with E-state index in [9.17, 15) is 5.11 Å². The lowest BCUT2D eigenvalue weighted by molar-refractivity contribution is 0.474. The number of anilines is 1. The molecule has 120 valence electrons. The van der Waals surface area contributed by atoms with Gasteiger partial charge in [0.05, 0.1) is 11.2 Å². The molecule has 0 aliphatic rings. The Morgan fingerprint density at radius 2 is 1.78 bits per heavy atom. The highest BCUT2D eigenvalue weighted by Gasteiger charge is 2.06. The van der Waals surface area contributed by atoms with Crippen LogP contribution in [0.4, 0.5) is 5.69 Å². The molecule has 4 nitrogen and oxygen atoms in total. The Bertz CT molecular complexity index is 758. The van der Waals surface area contributed by atoms with Gasteiger partial charge in [-0.3, -0.25) is 5.43 Å². The van der Waals surface area contributed by atoms with Gasteiger partial charge in [-0.2, -0.15) is 5.10 Å². The number of aryl methyl sites for hydroxylation is 2. The van der Waals surface area contributed by atoms with Crippen LogP contribution in [0.15, 0.2) is 35.4 Å². The smallest absolute Gasteiger partial charge is 0.191 e. The Labute approximate surface area is 150 Å². The van der Waals surface area contributed by atoms with E-state index in [1.165, 1.54) is 12.3 Å². The highest BCUT2D eigenvalue weighted by atomic mass is 35.5. The van der Waals surface area contributed by atoms with Gasteiger partial charge in [-0.05, 0) is 61.5 Å². The summed E-state index contributed by atoms with van der Waals surface area (Å²) in [6.07, 6.45) is 1.39. The summed E-state index contributed by atoms with van der Waals surface area (Å²) >= 11 is 16.9. The topological polar surface area (TPSA) is 56.7 Å². The summed E-state index contributed by atoms with van der Waals surface area (Å²) in [5.74, 6) is -0.0881. The third-order valence-electron chi connectivity index (χ3n) is 2.91. The maximum atomic E-state index is 9.83. The van der Waals surface area contributed by atoms with Crippen LogP contribution in [0.5, 0.6) is 5.75 Å². The molecule has 0 radical (unpaired) electrons. The van der Waals surface area contributed by atoms with Gasteiger partial charge in [-0.1, -0.05) is 29.3 Å². The molecule has 0 spiro atoms. The highest BCUT2D eigenvalue weighted by Crippen LogP contribution is 2.29. The average Bonchev–Trinajstić information content (AvgIpc) is 2.42. The fourth-order valence-corrected chi connectivity index (χ4v) is 2.73. The lowest BCUT2D eigenvalue weighted by Gasteiger charge is -2.09. The van der Waals surface area contributed by atoms with Gasteiger partial charge in [0.2, 0.25) is 0 Å². The first-order valence-corrected chi connectivity index (χ1v) is 7.88. The predicted octanol–water partition coefficient (Wildman–Crippen LogP) is 4.64. The van der Waals surface area contributed by atoms with E-state index < -0.39 is 0 Å². The van der Waals surface area contributed by atoms with Gasteiger partial charge >= 0.3 is 0 Å². The van der Waals surface area contributed by atoms with Gasteiger partial charge < -0.3 is 10.4 Å². The molecule has 7 heteroatoms. The lowest BCUT2D eigenvalue weighted by Crippen LogP contribution is -2.23. The third-order valence-corrected chi connectivity index (χ3v) is 3.61. The third kappa shape index (κ3) is 5.10. The minimum atomic E-state index is -0.0881. The Morgan fingerprint density at radius 3 is 2.43 bits per heavy atom. The molecule has 0 atom stereocenters. The first kappa shape index (κ1) is 17.5. The molecular weight excluding hydrogens is 353 g/mol. The van der Waals surface area contributed by atoms with Gasteiger partial charge in [0.15, 0.2) is 5.11 Å². The SMILES string of the molecule is Cc1cc(C)cc(NC(=S)NN=Cc2cc(Cl)cc(Cl)c2O)c1. The Kier molecular flexibility index (Phi) is 5.82. The Morgan fingerprint density at radius 1 is 1.13 bits per heavy atom. The van der Waals surface area contributed by atoms with E-state index >= 15 is 0 Å². The van der Waals surface area contributed by atoms with Gasteiger partial charge in [0.25, 0.3) is 0 Å². The molecule has 0 aromatic heterocycles. The second kappa shape index (κ2) is 7.64. The van der Waals surface area contributed by atoms with Crippen molar-refractivity contribution in [3.8, 4) is 5.75 Å². The van der Waals surface area contributed by atoms with Crippen LogP contribution in [-0.2, 0) is 0 Å². The molecule has 2 aromatic carbocycles. The van der Waals surface area contributed by atoms with Crippen molar-refractivity contribution < 1.29 is 5.11 Å². The zero-order valence-corrected chi connectivity index (χ0v) is 14.9. The maximum Gasteiger partial charge on any atom is 0.191 e. The number of hydrazone groups is 1. The van der Waals surface area contributed by atoms with E-state index in [0.717, 1.165) is 16.8 Å². The normalized spacial score (nSPS) is 10.8. The maximum absolute atomic E-state index is 9.83. The van der Waals surface area contributed by atoms with Crippen LogP contribution in [0.3, 0.4) is 0 Å². The number of nitrogens with one attached hydrogen (secondary N) is 2. The minimum absolute atomic E-state index is 0.0881. The molecule has 23 heavy (non-hydrogen) atoms. The molecule has 2 rings (SSSR count). The summed E-state index contributed by atoms with van der Waals surface area (Å²) in [4.78, 5) is 0. The standard InChI is InChI=1S/C16H15Cl2N3OS/c1-9-3-10(2)5-13(4-9)20-16(23)21-19-8-11-6-12(17)7-14(18)15(11)22/h3-8,22H,1-2H3,(H2,20,21,23). The quantitative estimate of drug-likeness (QED) is 0.420. The fourth-order valence-electron chi connectivity index (χ4n) is 2.05. The van der Waals surface area contributed by atoms with Gasteiger partial charge in [-0.15, -0.1) is 0 Å². The van der Waals surface area contributed by atoms with Crippen LogP contribution < -0.4 is 10.7 Å². The number of rotatable bonds is 3. The highest BCUT2D eigenvalue weighted by molar-refractivity contribution is 7.80. The van der Waals surface area contributed by atoms with E-state index in [4.69, 9.17) is 35.4 Å². The zero-order chi connectivity index (χ0) is 17.0. The van der Waals surface area contributed by atoms with Crippen LogP contribution in [0.1, 0.15) is 16.7 Å². The molecular formula is C16H15Cl2N3OS. The predicted molar refractivity (Wildman–Crippen MR) is 101 cm³/mol. The molecule has 0 aliphatic heterocycles. The van der Waals surface area contributed by atoms with Crippen LogP contribution in [-0.4, -0.2) is 16.4 Å². The summed E-state index contributed by atoms with van der Waals surface area (Å²) in [7, 11) is 0. The zero-order valence-electron chi connectivity index (χ0n) is 12.5. The van der Waals surface area contributed by atoms with E-state index in [1.807, 2.05) is 26.0 Å². The van der Waals surface area contributed by atoms with Gasteiger partial charge in [0.1, 0.15) is 5.75 Å². The molecule has 0 saturated heterocycles. The number of nitrogens with zero attached hydrogens (tertiary/aromatic N) is 1. The second-order valence-corrected chi connectivity index (χ2v) is 6.28. The fraction of sp³-hybridized carbons (Fsp3) is 0.125. The van der Waals surface area contributed by atoms with Crippen molar-refractivity contribution in [2.45, 2.75) is 13.8 Å². The van der Waals surface area contributed by atoms with E-state index in [1.54, 1.807) is 6.07 Å². The number of hydrogen-bond acceptors (Lipinski definition) is 3. The molecule has 0 amide bonds. The first-order valence-electron chi connectivity index (χ1n) is 6.71. The number of benzene rings is 2. The molecule has 2 aromatic rings. The van der Waals surface area contributed by atoms with Crippen molar-refractivity contribution in [2.24, 2.45) is 5.10 Å². The number of halogens is 2. The Balaban J connectivity index is 2.01. The largest absolute Gasteiger partial charge is 0.506 e. The lowest BCUT2D eigenvalue weighted by atomic mass is 10.1. The molecule has 0 heterocycles. The number of phenols is 1. The monoisotopic (exact) mass is 367 g/mol. The van der Waals surface area contributed by atoms with Gasteiger partial charge in [0, 0.05) is 16.3 Å². The summed E-state index contributed by atoms with van der Waals surface area (Å²) < 4.78 is 0. The van der Waals surface area contributed by atoms with Crippen LogP contribution in [0.2, 0.25) is 10.0 Å². The number of phenolic OH excluding ortho intramolecular Hbond substituents is 1. The van der Waals surface area contributed by atoms with Crippen molar-refractivity contribution in [1.82, 2.24) is 5.43 Å². The summed E-state index contributed by atoms with van der Waals surface area (Å²) in [5.41, 5.74) is 6.22. The minimum Gasteiger partial charge on any atom is -0.506 e. The van der Waals surface area contributed by atoms with Crippen molar-refractivity contribution in [1.29, 1.82) is 0 Å².